The summed E-state index contributed by atoms with van der Waals surface area (Å²) in [6.45, 7) is 6.48. The van der Waals surface area contributed by atoms with Crippen LogP contribution in [0, 0.1) is 18.7 Å². The highest BCUT2D eigenvalue weighted by atomic mass is 19.1. The zero-order valence-corrected chi connectivity index (χ0v) is 16.2. The first-order valence-corrected chi connectivity index (χ1v) is 9.70. The van der Waals surface area contributed by atoms with E-state index in [1.165, 1.54) is 18.6 Å². The predicted molar refractivity (Wildman–Crippen MR) is 106 cm³/mol. The van der Waals surface area contributed by atoms with E-state index in [0.29, 0.717) is 40.5 Å². The number of piperidine rings is 1. The average Bonchev–Trinajstić information content (AvgIpc) is 2.95. The summed E-state index contributed by atoms with van der Waals surface area (Å²) in [5.41, 5.74) is 2.37. The molecule has 0 saturated carbocycles. The molecule has 28 heavy (non-hydrogen) atoms. The topological polar surface area (TPSA) is 49.8 Å². The first-order valence-electron chi connectivity index (χ1n) is 9.70. The Bertz CT molecular complexity index is 967. The molecule has 0 radical (unpaired) electrons. The van der Waals surface area contributed by atoms with Crippen LogP contribution in [0.1, 0.15) is 46.8 Å². The van der Waals surface area contributed by atoms with Crippen molar-refractivity contribution in [3.05, 3.63) is 64.2 Å². The van der Waals surface area contributed by atoms with Crippen molar-refractivity contribution in [3.63, 3.8) is 0 Å². The van der Waals surface area contributed by atoms with Crippen LogP contribution >= 0.6 is 0 Å². The van der Waals surface area contributed by atoms with Crippen LogP contribution in [0.4, 0.5) is 4.39 Å². The summed E-state index contributed by atoms with van der Waals surface area (Å²) in [5, 5.41) is 10.6. The number of aromatic hydroxyl groups is 1. The number of phenolic OH excluding ortho intramolecular Hbond substituents is 1. The average molecular weight is 381 g/mol. The Kier molecular flexibility index (Phi) is 4.94. The van der Waals surface area contributed by atoms with Crippen molar-refractivity contribution in [1.82, 2.24) is 4.90 Å². The van der Waals surface area contributed by atoms with E-state index in [1.807, 2.05) is 0 Å². The van der Waals surface area contributed by atoms with Crippen molar-refractivity contribution in [1.29, 1.82) is 0 Å². The fraction of sp³-hybridized carbons (Fsp3) is 0.348. The number of Topliss-reactive ketones (excluding diaryl/α,β-unsaturated/α-hetero) is 1. The van der Waals surface area contributed by atoms with Gasteiger partial charge in [-0.3, -0.25) is 9.69 Å². The molecule has 0 bridgehead atoms. The molecule has 146 valence electrons. The van der Waals surface area contributed by atoms with Gasteiger partial charge >= 0.3 is 0 Å². The molecule has 4 rings (SSSR count). The lowest BCUT2D eigenvalue weighted by atomic mass is 9.97. The van der Waals surface area contributed by atoms with Crippen molar-refractivity contribution in [2.45, 2.75) is 33.2 Å². The monoisotopic (exact) mass is 381 g/mol. The molecule has 5 heteroatoms. The number of phenols is 1. The molecule has 0 amide bonds. The zero-order chi connectivity index (χ0) is 19.8. The molecule has 1 N–H and O–H groups in total. The highest BCUT2D eigenvalue weighted by Gasteiger charge is 2.34. The van der Waals surface area contributed by atoms with E-state index in [9.17, 15) is 14.3 Å². The Morgan fingerprint density at radius 3 is 2.93 bits per heavy atom. The van der Waals surface area contributed by atoms with Gasteiger partial charge in [0.1, 0.15) is 17.3 Å². The molecule has 1 atom stereocenters. The number of nitrogens with zero attached hydrogens (tertiary/aromatic N) is 1. The molecule has 4 nitrogen and oxygen atoms in total. The van der Waals surface area contributed by atoms with Gasteiger partial charge in [-0.15, -0.1) is 0 Å². The number of rotatable bonds is 3. The van der Waals surface area contributed by atoms with Gasteiger partial charge in [-0.1, -0.05) is 19.1 Å². The lowest BCUT2D eigenvalue weighted by molar-refractivity contribution is 0.101. The van der Waals surface area contributed by atoms with Crippen LogP contribution in [0.5, 0.6) is 11.5 Å². The molecule has 1 saturated heterocycles. The van der Waals surface area contributed by atoms with Gasteiger partial charge in [0.05, 0.1) is 11.1 Å². The van der Waals surface area contributed by atoms with Gasteiger partial charge in [0.2, 0.25) is 5.78 Å². The Morgan fingerprint density at radius 1 is 1.36 bits per heavy atom. The molecule has 1 fully saturated rings. The van der Waals surface area contributed by atoms with Gasteiger partial charge in [-0.25, -0.2) is 4.39 Å². The third-order valence-corrected chi connectivity index (χ3v) is 5.49. The van der Waals surface area contributed by atoms with Gasteiger partial charge in [0.15, 0.2) is 5.76 Å². The van der Waals surface area contributed by atoms with Crippen LogP contribution in [0.25, 0.3) is 6.08 Å². The number of carbonyl (C=O) groups excluding carboxylic acids is 1. The fourth-order valence-corrected chi connectivity index (χ4v) is 4.13. The van der Waals surface area contributed by atoms with Gasteiger partial charge in [-0.05, 0) is 67.6 Å². The van der Waals surface area contributed by atoms with Crippen molar-refractivity contribution in [3.8, 4) is 11.5 Å². The van der Waals surface area contributed by atoms with Crippen LogP contribution < -0.4 is 4.74 Å². The quantitative estimate of drug-likeness (QED) is 0.784. The number of hydrogen-bond acceptors (Lipinski definition) is 4. The summed E-state index contributed by atoms with van der Waals surface area (Å²) < 4.78 is 19.4. The Labute approximate surface area is 164 Å². The number of ketones is 1. The summed E-state index contributed by atoms with van der Waals surface area (Å²) >= 11 is 0. The van der Waals surface area contributed by atoms with Gasteiger partial charge in [-0.2, -0.15) is 0 Å². The standard InChI is InChI=1S/C23H24FNO3/c1-14-5-4-8-25(12-14)13-18-19(26)9-15(2)21-22(27)20(28-23(18)21)11-16-6-3-7-17(24)10-16/h3,6-7,9-11,14,26H,4-5,8,12-13H2,1-2H3/b20-11+. The number of hydrogen-bond donors (Lipinski definition) is 1. The number of allylic oxidation sites excluding steroid dienone is 1. The van der Waals surface area contributed by atoms with Crippen LogP contribution in [0.3, 0.4) is 0 Å². The Balaban J connectivity index is 1.69. The first-order chi connectivity index (χ1) is 13.4. The third kappa shape index (κ3) is 3.54. The van der Waals surface area contributed by atoms with E-state index < -0.39 is 0 Å². The molecule has 1 unspecified atom stereocenters. The highest BCUT2D eigenvalue weighted by molar-refractivity contribution is 6.15. The maximum atomic E-state index is 13.5. The molecule has 0 aliphatic carbocycles. The van der Waals surface area contributed by atoms with Crippen LogP contribution in [0.2, 0.25) is 0 Å². The minimum atomic E-state index is -0.369. The fourth-order valence-electron chi connectivity index (χ4n) is 4.13. The normalized spacial score (nSPS) is 21.0. The number of halogens is 1. The molecule has 2 aromatic carbocycles. The van der Waals surface area contributed by atoms with E-state index >= 15 is 0 Å². The molecule has 0 spiro atoms. The van der Waals surface area contributed by atoms with Gasteiger partial charge in [0, 0.05) is 13.1 Å². The largest absolute Gasteiger partial charge is 0.507 e. The third-order valence-electron chi connectivity index (χ3n) is 5.49. The summed E-state index contributed by atoms with van der Waals surface area (Å²) in [6, 6.07) is 7.65. The molecule has 0 aromatic heterocycles. The predicted octanol–water partition coefficient (Wildman–Crippen LogP) is 4.69. The molecular formula is C23H24FNO3. The van der Waals surface area contributed by atoms with Crippen LogP contribution in [-0.4, -0.2) is 28.9 Å². The molecular weight excluding hydrogens is 357 g/mol. The van der Waals surface area contributed by atoms with Gasteiger partial charge in [0.25, 0.3) is 0 Å². The number of ether oxygens (including phenoxy) is 1. The van der Waals surface area contributed by atoms with Gasteiger partial charge < -0.3 is 9.84 Å². The molecule has 2 aromatic rings. The number of carbonyl (C=O) groups is 1. The number of fused-ring (bicyclic) bond motifs is 1. The van der Waals surface area contributed by atoms with Crippen molar-refractivity contribution in [2.24, 2.45) is 5.92 Å². The first kappa shape index (κ1) is 18.7. The minimum Gasteiger partial charge on any atom is -0.507 e. The summed E-state index contributed by atoms with van der Waals surface area (Å²) in [6.07, 6.45) is 3.89. The van der Waals surface area contributed by atoms with Crippen LogP contribution in [-0.2, 0) is 6.54 Å². The lowest BCUT2D eigenvalue weighted by Crippen LogP contribution is -2.33. The second-order valence-electron chi connectivity index (χ2n) is 7.87. The SMILES string of the molecule is Cc1cc(O)c(CN2CCCC(C)C2)c2c1C(=O)/C(=C\c1cccc(F)c1)O2. The van der Waals surface area contributed by atoms with Crippen molar-refractivity contribution in [2.75, 3.05) is 13.1 Å². The molecule has 2 heterocycles. The number of benzene rings is 2. The maximum absolute atomic E-state index is 13.5. The summed E-state index contributed by atoms with van der Waals surface area (Å²) in [4.78, 5) is 15.2. The summed E-state index contributed by atoms with van der Waals surface area (Å²) in [5.74, 6) is 0.747. The van der Waals surface area contributed by atoms with E-state index in [2.05, 4.69) is 11.8 Å². The van der Waals surface area contributed by atoms with E-state index in [-0.39, 0.29) is 23.1 Å². The number of aryl methyl sites for hydroxylation is 1. The Morgan fingerprint density at radius 2 is 2.18 bits per heavy atom. The lowest BCUT2D eigenvalue weighted by Gasteiger charge is -2.31. The Hall–Kier alpha value is -2.66. The second-order valence-corrected chi connectivity index (χ2v) is 7.87. The second kappa shape index (κ2) is 7.40. The van der Waals surface area contributed by atoms with E-state index in [1.54, 1.807) is 31.2 Å². The van der Waals surface area contributed by atoms with E-state index in [0.717, 1.165) is 19.5 Å². The zero-order valence-electron chi connectivity index (χ0n) is 16.2. The highest BCUT2D eigenvalue weighted by Crippen LogP contribution is 2.42. The maximum Gasteiger partial charge on any atom is 0.232 e. The summed E-state index contributed by atoms with van der Waals surface area (Å²) in [7, 11) is 0. The number of likely N-dealkylation sites (tertiary alicyclic amines) is 1. The minimum absolute atomic E-state index is 0.147. The van der Waals surface area contributed by atoms with E-state index in [4.69, 9.17) is 4.74 Å². The van der Waals surface area contributed by atoms with Crippen molar-refractivity contribution >= 4 is 11.9 Å². The van der Waals surface area contributed by atoms with Crippen molar-refractivity contribution < 1.29 is 19.0 Å². The molecule has 2 aliphatic rings. The smallest absolute Gasteiger partial charge is 0.232 e. The molecule has 2 aliphatic heterocycles. The van der Waals surface area contributed by atoms with Crippen LogP contribution in [0.15, 0.2) is 36.1 Å².